The molecule has 0 saturated carbocycles. The van der Waals surface area contributed by atoms with Crippen molar-refractivity contribution in [3.8, 4) is 0 Å². The number of amides is 2. The molecule has 0 spiro atoms. The highest BCUT2D eigenvalue weighted by Gasteiger charge is 2.14. The lowest BCUT2D eigenvalue weighted by Gasteiger charge is -2.08. The van der Waals surface area contributed by atoms with Gasteiger partial charge in [0.05, 0.1) is 5.69 Å². The van der Waals surface area contributed by atoms with E-state index in [1.165, 1.54) is 0 Å². The molecule has 0 atom stereocenters. The van der Waals surface area contributed by atoms with Gasteiger partial charge in [-0.2, -0.15) is 0 Å². The fourth-order valence-electron chi connectivity index (χ4n) is 1.48. The van der Waals surface area contributed by atoms with E-state index in [1.54, 1.807) is 23.9 Å². The number of anilines is 1. The lowest BCUT2D eigenvalue weighted by Crippen LogP contribution is -2.31. The van der Waals surface area contributed by atoms with E-state index in [-0.39, 0.29) is 23.8 Å². The Kier molecular flexibility index (Phi) is 4.53. The SMILES string of the molecule is CC(C)NC(=O)c1cc(NC(=O)C(C)C)cn1C. The molecule has 1 heterocycles. The molecule has 0 aliphatic heterocycles. The number of carbonyl (C=O) groups excluding carboxylic acids is 2. The van der Waals surface area contributed by atoms with E-state index < -0.39 is 0 Å². The summed E-state index contributed by atoms with van der Waals surface area (Å²) in [5.41, 5.74) is 1.17. The Morgan fingerprint density at radius 2 is 1.83 bits per heavy atom. The average Bonchev–Trinajstić information content (AvgIpc) is 2.58. The molecular formula is C13H21N3O2. The Balaban J connectivity index is 2.82. The van der Waals surface area contributed by atoms with Crippen molar-refractivity contribution in [2.75, 3.05) is 5.32 Å². The summed E-state index contributed by atoms with van der Waals surface area (Å²) < 4.78 is 1.70. The van der Waals surface area contributed by atoms with Crippen molar-refractivity contribution in [2.45, 2.75) is 33.7 Å². The van der Waals surface area contributed by atoms with Crippen LogP contribution in [0, 0.1) is 5.92 Å². The first-order valence-electron chi connectivity index (χ1n) is 6.09. The molecule has 0 aromatic carbocycles. The summed E-state index contributed by atoms with van der Waals surface area (Å²) in [5.74, 6) is -0.285. The highest BCUT2D eigenvalue weighted by Crippen LogP contribution is 2.14. The largest absolute Gasteiger partial charge is 0.349 e. The van der Waals surface area contributed by atoms with Crippen molar-refractivity contribution in [1.82, 2.24) is 9.88 Å². The first kappa shape index (κ1) is 14.3. The molecule has 1 aromatic rings. The molecule has 18 heavy (non-hydrogen) atoms. The number of aryl methyl sites for hydroxylation is 1. The molecule has 0 unspecified atom stereocenters. The maximum absolute atomic E-state index is 11.9. The zero-order valence-corrected chi connectivity index (χ0v) is 11.6. The number of nitrogens with zero attached hydrogens (tertiary/aromatic N) is 1. The molecule has 1 rings (SSSR count). The smallest absolute Gasteiger partial charge is 0.268 e. The van der Waals surface area contributed by atoms with Crippen LogP contribution in [0.15, 0.2) is 12.3 Å². The second-order valence-electron chi connectivity index (χ2n) is 5.00. The Bertz CT molecular complexity index is 447. The summed E-state index contributed by atoms with van der Waals surface area (Å²) in [5, 5.41) is 5.59. The van der Waals surface area contributed by atoms with Crippen molar-refractivity contribution in [1.29, 1.82) is 0 Å². The standard InChI is InChI=1S/C13H21N3O2/c1-8(2)12(17)15-10-6-11(16(5)7-10)13(18)14-9(3)4/h6-9H,1-5H3,(H,14,18)(H,15,17). The van der Waals surface area contributed by atoms with Crippen molar-refractivity contribution in [3.05, 3.63) is 18.0 Å². The summed E-state index contributed by atoms with van der Waals surface area (Å²) in [7, 11) is 1.78. The molecule has 0 aliphatic rings. The number of carbonyl (C=O) groups is 2. The van der Waals surface area contributed by atoms with Crippen LogP contribution in [0.25, 0.3) is 0 Å². The predicted molar refractivity (Wildman–Crippen MR) is 71.5 cm³/mol. The Hall–Kier alpha value is -1.78. The van der Waals surface area contributed by atoms with E-state index in [9.17, 15) is 9.59 Å². The summed E-state index contributed by atoms with van der Waals surface area (Å²) in [6, 6.07) is 1.76. The number of rotatable bonds is 4. The minimum Gasteiger partial charge on any atom is -0.349 e. The van der Waals surface area contributed by atoms with Crippen molar-refractivity contribution in [2.24, 2.45) is 13.0 Å². The minimum absolute atomic E-state index is 0.0589. The third kappa shape index (κ3) is 3.61. The minimum atomic E-state index is -0.141. The van der Waals surface area contributed by atoms with E-state index in [0.29, 0.717) is 11.4 Å². The summed E-state index contributed by atoms with van der Waals surface area (Å²) in [4.78, 5) is 23.4. The van der Waals surface area contributed by atoms with Crippen LogP contribution in [-0.2, 0) is 11.8 Å². The van der Waals surface area contributed by atoms with Gasteiger partial charge in [-0.15, -0.1) is 0 Å². The van der Waals surface area contributed by atoms with Gasteiger partial charge in [-0.25, -0.2) is 0 Å². The Morgan fingerprint density at radius 1 is 1.22 bits per heavy atom. The van der Waals surface area contributed by atoms with E-state index in [4.69, 9.17) is 0 Å². The number of hydrogen-bond acceptors (Lipinski definition) is 2. The highest BCUT2D eigenvalue weighted by atomic mass is 16.2. The fraction of sp³-hybridized carbons (Fsp3) is 0.538. The summed E-state index contributed by atoms with van der Waals surface area (Å²) >= 11 is 0. The second-order valence-corrected chi connectivity index (χ2v) is 5.00. The molecular weight excluding hydrogens is 230 g/mol. The molecule has 5 heteroatoms. The number of nitrogens with one attached hydrogen (secondary N) is 2. The molecule has 2 amide bonds. The number of aromatic nitrogens is 1. The lowest BCUT2D eigenvalue weighted by atomic mass is 10.2. The van der Waals surface area contributed by atoms with Gasteiger partial charge in [0.2, 0.25) is 5.91 Å². The van der Waals surface area contributed by atoms with Gasteiger partial charge in [0, 0.05) is 25.2 Å². The van der Waals surface area contributed by atoms with Crippen LogP contribution in [0.3, 0.4) is 0 Å². The quantitative estimate of drug-likeness (QED) is 0.856. The van der Waals surface area contributed by atoms with E-state index in [0.717, 1.165) is 0 Å². The second kappa shape index (κ2) is 5.71. The third-order valence-corrected chi connectivity index (χ3v) is 2.45. The fourth-order valence-corrected chi connectivity index (χ4v) is 1.48. The monoisotopic (exact) mass is 251 g/mol. The van der Waals surface area contributed by atoms with Gasteiger partial charge in [-0.1, -0.05) is 13.8 Å². The third-order valence-electron chi connectivity index (χ3n) is 2.45. The highest BCUT2D eigenvalue weighted by molar-refractivity contribution is 5.97. The first-order valence-corrected chi connectivity index (χ1v) is 6.09. The van der Waals surface area contributed by atoms with E-state index >= 15 is 0 Å². The molecule has 2 N–H and O–H groups in total. The maximum atomic E-state index is 11.9. The van der Waals surface area contributed by atoms with Crippen LogP contribution in [0.4, 0.5) is 5.69 Å². The lowest BCUT2D eigenvalue weighted by molar-refractivity contribution is -0.118. The van der Waals surface area contributed by atoms with Gasteiger partial charge < -0.3 is 15.2 Å². The predicted octanol–water partition coefficient (Wildman–Crippen LogP) is 1.76. The van der Waals surface area contributed by atoms with Gasteiger partial charge in [-0.3, -0.25) is 9.59 Å². The van der Waals surface area contributed by atoms with Gasteiger partial charge in [0.1, 0.15) is 5.69 Å². The molecule has 5 nitrogen and oxygen atoms in total. The van der Waals surface area contributed by atoms with Gasteiger partial charge in [-0.05, 0) is 19.9 Å². The molecule has 1 aromatic heterocycles. The van der Waals surface area contributed by atoms with Crippen LogP contribution in [-0.4, -0.2) is 22.4 Å². The van der Waals surface area contributed by atoms with E-state index in [1.807, 2.05) is 27.7 Å². The van der Waals surface area contributed by atoms with Crippen LogP contribution in [0.2, 0.25) is 0 Å². The van der Waals surface area contributed by atoms with Gasteiger partial charge in [0.15, 0.2) is 0 Å². The molecule has 0 saturated heterocycles. The van der Waals surface area contributed by atoms with E-state index in [2.05, 4.69) is 10.6 Å². The normalized spacial score (nSPS) is 10.8. The van der Waals surface area contributed by atoms with Crippen LogP contribution in [0.1, 0.15) is 38.2 Å². The first-order chi connectivity index (χ1) is 8.31. The molecule has 0 aliphatic carbocycles. The summed E-state index contributed by atoms with van der Waals surface area (Å²) in [6.45, 7) is 7.46. The Morgan fingerprint density at radius 3 is 2.33 bits per heavy atom. The molecule has 0 radical (unpaired) electrons. The number of hydrogen-bond donors (Lipinski definition) is 2. The van der Waals surface area contributed by atoms with Crippen LogP contribution in [0.5, 0.6) is 0 Å². The molecule has 0 bridgehead atoms. The van der Waals surface area contributed by atoms with Crippen molar-refractivity contribution < 1.29 is 9.59 Å². The van der Waals surface area contributed by atoms with Crippen LogP contribution < -0.4 is 10.6 Å². The Labute approximate surface area is 108 Å². The van der Waals surface area contributed by atoms with Gasteiger partial charge >= 0.3 is 0 Å². The zero-order valence-electron chi connectivity index (χ0n) is 11.6. The maximum Gasteiger partial charge on any atom is 0.268 e. The van der Waals surface area contributed by atoms with Gasteiger partial charge in [0.25, 0.3) is 5.91 Å². The molecule has 100 valence electrons. The average molecular weight is 251 g/mol. The summed E-state index contributed by atoms with van der Waals surface area (Å²) in [6.07, 6.45) is 1.73. The molecule has 0 fully saturated rings. The topological polar surface area (TPSA) is 63.1 Å². The van der Waals surface area contributed by atoms with Crippen molar-refractivity contribution >= 4 is 17.5 Å². The van der Waals surface area contributed by atoms with Crippen molar-refractivity contribution in [3.63, 3.8) is 0 Å². The zero-order chi connectivity index (χ0) is 13.9. The van der Waals surface area contributed by atoms with Crippen LogP contribution >= 0.6 is 0 Å².